The highest BCUT2D eigenvalue weighted by Crippen LogP contribution is 2.34. The van der Waals surface area contributed by atoms with Gasteiger partial charge in [-0.1, -0.05) is 51.8 Å². The van der Waals surface area contributed by atoms with Gasteiger partial charge in [0.1, 0.15) is 0 Å². The Bertz CT molecular complexity index is 723. The maximum absolute atomic E-state index is 4.75. The monoisotopic (exact) mass is 421 g/mol. The van der Waals surface area contributed by atoms with Crippen LogP contribution >= 0.6 is 41.2 Å². The Hall–Kier alpha value is -0.840. The standard InChI is InChI=1S/C20H24BrNS2/c1-4-22(12-11-21)17-9-7-16(8-10-17)19(23)20(24)18-13-14(2)5-6-15(18)3/h5-10,13,23-24H,4,11-12H2,1-3H3/b20-19-. The third-order valence-electron chi connectivity index (χ3n) is 4.11. The topological polar surface area (TPSA) is 3.24 Å². The van der Waals surface area contributed by atoms with E-state index in [-0.39, 0.29) is 0 Å². The number of benzene rings is 2. The van der Waals surface area contributed by atoms with Gasteiger partial charge in [-0.2, -0.15) is 0 Å². The van der Waals surface area contributed by atoms with Crippen LogP contribution < -0.4 is 4.90 Å². The highest BCUT2D eigenvalue weighted by molar-refractivity contribution is 9.09. The Balaban J connectivity index is 2.34. The molecule has 2 rings (SSSR count). The third-order valence-corrected chi connectivity index (χ3v) is 5.59. The minimum absolute atomic E-state index is 0.905. The zero-order valence-electron chi connectivity index (χ0n) is 14.4. The van der Waals surface area contributed by atoms with E-state index in [4.69, 9.17) is 25.3 Å². The van der Waals surface area contributed by atoms with Crippen molar-refractivity contribution in [3.63, 3.8) is 0 Å². The number of rotatable bonds is 6. The van der Waals surface area contributed by atoms with E-state index in [0.29, 0.717) is 0 Å². The Kier molecular flexibility index (Phi) is 7.33. The van der Waals surface area contributed by atoms with Crippen LogP contribution in [0, 0.1) is 13.8 Å². The molecule has 0 aliphatic rings. The molecular weight excluding hydrogens is 398 g/mol. The van der Waals surface area contributed by atoms with Crippen LogP contribution in [-0.2, 0) is 0 Å². The minimum Gasteiger partial charge on any atom is -0.371 e. The van der Waals surface area contributed by atoms with Crippen molar-refractivity contribution < 1.29 is 0 Å². The van der Waals surface area contributed by atoms with Crippen molar-refractivity contribution in [2.75, 3.05) is 23.3 Å². The summed E-state index contributed by atoms with van der Waals surface area (Å²) in [5, 5.41) is 0.966. The number of alkyl halides is 1. The Labute approximate surface area is 165 Å². The molecule has 2 aromatic rings. The molecule has 0 heterocycles. The van der Waals surface area contributed by atoms with E-state index in [1.807, 2.05) is 0 Å². The van der Waals surface area contributed by atoms with Crippen molar-refractivity contribution in [3.05, 3.63) is 64.7 Å². The molecule has 0 aromatic heterocycles. The highest BCUT2D eigenvalue weighted by atomic mass is 79.9. The summed E-state index contributed by atoms with van der Waals surface area (Å²) >= 11 is 13.0. The number of halogens is 1. The fourth-order valence-corrected chi connectivity index (χ4v) is 3.72. The van der Waals surface area contributed by atoms with Gasteiger partial charge in [0.2, 0.25) is 0 Å². The first-order valence-corrected chi connectivity index (χ1v) is 10.1. The molecule has 0 aliphatic heterocycles. The van der Waals surface area contributed by atoms with E-state index in [2.05, 4.69) is 84.1 Å². The van der Waals surface area contributed by atoms with Gasteiger partial charge < -0.3 is 4.90 Å². The molecule has 0 aliphatic carbocycles. The van der Waals surface area contributed by atoms with Crippen molar-refractivity contribution in [2.24, 2.45) is 0 Å². The van der Waals surface area contributed by atoms with Crippen molar-refractivity contribution in [2.45, 2.75) is 20.8 Å². The van der Waals surface area contributed by atoms with Crippen LogP contribution in [0.2, 0.25) is 0 Å². The van der Waals surface area contributed by atoms with E-state index in [9.17, 15) is 0 Å². The lowest BCUT2D eigenvalue weighted by atomic mass is 10.0. The van der Waals surface area contributed by atoms with E-state index in [0.717, 1.165) is 39.4 Å². The molecule has 0 amide bonds. The zero-order valence-corrected chi connectivity index (χ0v) is 17.8. The van der Waals surface area contributed by atoms with E-state index in [1.54, 1.807) is 0 Å². The second-order valence-corrected chi connectivity index (χ2v) is 7.52. The summed E-state index contributed by atoms with van der Waals surface area (Å²) in [7, 11) is 0. The number of hydrogen-bond acceptors (Lipinski definition) is 3. The summed E-state index contributed by atoms with van der Waals surface area (Å²) in [6, 6.07) is 15.0. The molecule has 128 valence electrons. The van der Waals surface area contributed by atoms with Crippen molar-refractivity contribution in [3.8, 4) is 0 Å². The fraction of sp³-hybridized carbons (Fsp3) is 0.300. The first kappa shape index (κ1) is 19.5. The number of anilines is 1. The molecule has 4 heteroatoms. The first-order chi connectivity index (χ1) is 11.5. The van der Waals surface area contributed by atoms with E-state index in [1.165, 1.54) is 16.8 Å². The van der Waals surface area contributed by atoms with Gasteiger partial charge in [-0.15, -0.1) is 25.3 Å². The van der Waals surface area contributed by atoms with Crippen LogP contribution in [0.1, 0.15) is 29.2 Å². The molecule has 0 N–H and O–H groups in total. The maximum atomic E-state index is 4.75. The Morgan fingerprint density at radius 2 is 1.67 bits per heavy atom. The number of thiol groups is 2. The molecule has 0 atom stereocenters. The maximum Gasteiger partial charge on any atom is 0.0366 e. The van der Waals surface area contributed by atoms with Crippen LogP contribution in [0.25, 0.3) is 9.81 Å². The molecule has 0 spiro atoms. The van der Waals surface area contributed by atoms with Gasteiger partial charge in [0.15, 0.2) is 0 Å². The Morgan fingerprint density at radius 3 is 2.25 bits per heavy atom. The number of aryl methyl sites for hydroxylation is 2. The molecule has 0 saturated heterocycles. The van der Waals surface area contributed by atoms with Gasteiger partial charge in [-0.25, -0.2) is 0 Å². The second kappa shape index (κ2) is 9.02. The van der Waals surface area contributed by atoms with Crippen molar-refractivity contribution in [1.29, 1.82) is 0 Å². The fourth-order valence-electron chi connectivity index (χ4n) is 2.66. The van der Waals surface area contributed by atoms with Crippen LogP contribution in [-0.4, -0.2) is 18.4 Å². The summed E-state index contributed by atoms with van der Waals surface area (Å²) in [6.45, 7) is 8.37. The van der Waals surface area contributed by atoms with Gasteiger partial charge in [0.05, 0.1) is 0 Å². The van der Waals surface area contributed by atoms with Crippen LogP contribution in [0.15, 0.2) is 42.5 Å². The van der Waals surface area contributed by atoms with Gasteiger partial charge in [-0.05, 0) is 49.6 Å². The molecule has 0 radical (unpaired) electrons. The first-order valence-electron chi connectivity index (χ1n) is 8.09. The van der Waals surface area contributed by atoms with Gasteiger partial charge >= 0.3 is 0 Å². The SMILES string of the molecule is CCN(CCBr)c1ccc(/C(S)=C(/S)c2cc(C)ccc2C)cc1. The lowest BCUT2D eigenvalue weighted by Crippen LogP contribution is -2.24. The summed E-state index contributed by atoms with van der Waals surface area (Å²) in [4.78, 5) is 4.16. The molecule has 2 aromatic carbocycles. The molecule has 0 fully saturated rings. The average molecular weight is 422 g/mol. The van der Waals surface area contributed by atoms with Crippen LogP contribution in [0.3, 0.4) is 0 Å². The van der Waals surface area contributed by atoms with E-state index >= 15 is 0 Å². The lowest BCUT2D eigenvalue weighted by molar-refractivity contribution is 0.875. The second-order valence-electron chi connectivity index (χ2n) is 5.83. The van der Waals surface area contributed by atoms with Crippen molar-refractivity contribution >= 4 is 56.7 Å². The molecule has 0 saturated carbocycles. The minimum atomic E-state index is 0.905. The molecule has 24 heavy (non-hydrogen) atoms. The highest BCUT2D eigenvalue weighted by Gasteiger charge is 2.09. The molecule has 1 nitrogen and oxygen atoms in total. The summed E-state index contributed by atoms with van der Waals surface area (Å²) in [5.41, 5.74) is 5.90. The molecule has 0 unspecified atom stereocenters. The summed E-state index contributed by atoms with van der Waals surface area (Å²) in [6.07, 6.45) is 0. The normalized spacial score (nSPS) is 12.1. The van der Waals surface area contributed by atoms with Gasteiger partial charge in [0, 0.05) is 33.9 Å². The zero-order chi connectivity index (χ0) is 17.7. The summed E-state index contributed by atoms with van der Waals surface area (Å²) < 4.78 is 0. The average Bonchev–Trinajstić information content (AvgIpc) is 2.60. The Morgan fingerprint density at radius 1 is 1.00 bits per heavy atom. The predicted octanol–water partition coefficient (Wildman–Crippen LogP) is 6.21. The quantitative estimate of drug-likeness (QED) is 0.318. The van der Waals surface area contributed by atoms with Gasteiger partial charge in [-0.3, -0.25) is 0 Å². The lowest BCUT2D eigenvalue weighted by Gasteiger charge is -2.22. The molecule has 0 bridgehead atoms. The van der Waals surface area contributed by atoms with Crippen molar-refractivity contribution in [1.82, 2.24) is 0 Å². The predicted molar refractivity (Wildman–Crippen MR) is 119 cm³/mol. The molecular formula is C20H24BrNS2. The van der Waals surface area contributed by atoms with E-state index < -0.39 is 0 Å². The van der Waals surface area contributed by atoms with Gasteiger partial charge in [0.25, 0.3) is 0 Å². The number of nitrogens with zero attached hydrogens (tertiary/aromatic N) is 1. The van der Waals surface area contributed by atoms with Crippen LogP contribution in [0.4, 0.5) is 5.69 Å². The van der Waals surface area contributed by atoms with Crippen LogP contribution in [0.5, 0.6) is 0 Å². The summed E-state index contributed by atoms with van der Waals surface area (Å²) in [5.74, 6) is 0. The largest absolute Gasteiger partial charge is 0.371 e. The number of hydrogen-bond donors (Lipinski definition) is 2. The third kappa shape index (κ3) is 4.62. The smallest absolute Gasteiger partial charge is 0.0366 e.